The van der Waals surface area contributed by atoms with Gasteiger partial charge < -0.3 is 0 Å². The van der Waals surface area contributed by atoms with Crippen molar-refractivity contribution in [2.45, 2.75) is 33.1 Å². The summed E-state index contributed by atoms with van der Waals surface area (Å²) in [4.78, 5) is 0. The smallest absolute Gasteiger partial charge is 0.127 e. The summed E-state index contributed by atoms with van der Waals surface area (Å²) in [6.07, 6.45) is 2.91. The van der Waals surface area contributed by atoms with Crippen molar-refractivity contribution in [3.05, 3.63) is 41.3 Å². The first-order valence-electron chi connectivity index (χ1n) is 4.93. The molecule has 0 saturated heterocycles. The van der Waals surface area contributed by atoms with Gasteiger partial charge in [-0.1, -0.05) is 26.7 Å². The molecule has 0 bridgehead atoms. The van der Waals surface area contributed by atoms with E-state index in [2.05, 4.69) is 6.92 Å². The van der Waals surface area contributed by atoms with Gasteiger partial charge in [-0.05, 0) is 30.2 Å². The predicted molar refractivity (Wildman–Crippen MR) is 53.9 cm³/mol. The van der Waals surface area contributed by atoms with Crippen molar-refractivity contribution in [1.29, 1.82) is 0 Å². The molecule has 0 aromatic heterocycles. The lowest BCUT2D eigenvalue weighted by Gasteiger charge is -2.11. The Morgan fingerprint density at radius 2 is 2.00 bits per heavy atom. The van der Waals surface area contributed by atoms with Gasteiger partial charge in [0, 0.05) is 5.92 Å². The third kappa shape index (κ3) is 2.79. The average molecular weight is 197 g/mol. The summed E-state index contributed by atoms with van der Waals surface area (Å²) < 4.78 is 26.1. The lowest BCUT2D eigenvalue weighted by Crippen LogP contribution is -1.99. The lowest BCUT2D eigenvalue weighted by atomic mass is 9.95. The molecule has 1 rings (SSSR count). The number of unbranched alkanes of at least 4 members (excludes halogenated alkanes) is 1. The van der Waals surface area contributed by atoms with Crippen LogP contribution < -0.4 is 0 Å². The summed E-state index contributed by atoms with van der Waals surface area (Å²) in [5.41, 5.74) is 0.415. The van der Waals surface area contributed by atoms with E-state index in [1.165, 1.54) is 12.1 Å². The van der Waals surface area contributed by atoms with Crippen LogP contribution in [0.15, 0.2) is 18.2 Å². The molecule has 1 radical (unpaired) electrons. The molecular formula is C12H15F2. The normalized spacial score (nSPS) is 10.9. The van der Waals surface area contributed by atoms with Crippen molar-refractivity contribution in [2.75, 3.05) is 0 Å². The van der Waals surface area contributed by atoms with Crippen molar-refractivity contribution < 1.29 is 8.78 Å². The van der Waals surface area contributed by atoms with Gasteiger partial charge in [0.1, 0.15) is 11.6 Å². The maximum atomic E-state index is 13.3. The SMILES string of the molecule is CCCC[C](C)c1cc(F)ccc1F. The minimum atomic E-state index is -0.378. The molecule has 1 aromatic rings. The molecular weight excluding hydrogens is 182 g/mol. The molecule has 1 aromatic carbocycles. The van der Waals surface area contributed by atoms with Crippen LogP contribution in [0.1, 0.15) is 38.7 Å². The molecule has 0 nitrogen and oxygen atoms in total. The molecule has 0 heterocycles. The summed E-state index contributed by atoms with van der Waals surface area (Å²) in [6.45, 7) is 3.93. The van der Waals surface area contributed by atoms with E-state index in [-0.39, 0.29) is 11.6 Å². The van der Waals surface area contributed by atoms with Gasteiger partial charge in [-0.15, -0.1) is 0 Å². The van der Waals surface area contributed by atoms with Crippen LogP contribution in [0.2, 0.25) is 0 Å². The van der Waals surface area contributed by atoms with E-state index in [0.717, 1.165) is 31.2 Å². The fraction of sp³-hybridized carbons (Fsp3) is 0.417. The maximum absolute atomic E-state index is 13.3. The van der Waals surface area contributed by atoms with Crippen molar-refractivity contribution >= 4 is 0 Å². The largest absolute Gasteiger partial charge is 0.207 e. The second-order valence-corrected chi connectivity index (χ2v) is 3.51. The Labute approximate surface area is 84.0 Å². The van der Waals surface area contributed by atoms with Crippen LogP contribution in [-0.4, -0.2) is 0 Å². The minimum absolute atomic E-state index is 0.333. The maximum Gasteiger partial charge on any atom is 0.127 e. The van der Waals surface area contributed by atoms with E-state index in [1.807, 2.05) is 6.92 Å². The van der Waals surface area contributed by atoms with Gasteiger partial charge in [-0.2, -0.15) is 0 Å². The lowest BCUT2D eigenvalue weighted by molar-refractivity contribution is 0.584. The third-order valence-corrected chi connectivity index (χ3v) is 2.29. The highest BCUT2D eigenvalue weighted by atomic mass is 19.1. The molecule has 0 unspecified atom stereocenters. The Bertz CT molecular complexity index is 294. The second-order valence-electron chi connectivity index (χ2n) is 3.51. The summed E-state index contributed by atoms with van der Waals surface area (Å²) >= 11 is 0. The standard InChI is InChI=1S/C12H15F2/c1-3-4-5-9(2)11-8-10(13)6-7-12(11)14/h6-8H,3-5H2,1-2H3. The van der Waals surface area contributed by atoms with Crippen LogP contribution >= 0.6 is 0 Å². The Hall–Kier alpha value is -0.920. The molecule has 0 aliphatic carbocycles. The Morgan fingerprint density at radius 1 is 1.29 bits per heavy atom. The molecule has 0 amide bonds. The van der Waals surface area contributed by atoms with Crippen molar-refractivity contribution in [3.63, 3.8) is 0 Å². The minimum Gasteiger partial charge on any atom is -0.207 e. The molecule has 0 aliphatic rings. The van der Waals surface area contributed by atoms with Crippen molar-refractivity contribution in [3.8, 4) is 0 Å². The van der Waals surface area contributed by atoms with Crippen LogP contribution in [0.25, 0.3) is 0 Å². The van der Waals surface area contributed by atoms with E-state index >= 15 is 0 Å². The van der Waals surface area contributed by atoms with E-state index in [9.17, 15) is 8.78 Å². The van der Waals surface area contributed by atoms with Crippen LogP contribution in [0.3, 0.4) is 0 Å². The predicted octanol–water partition coefficient (Wildman–Crippen LogP) is 4.10. The fourth-order valence-electron chi connectivity index (χ4n) is 1.40. The Kier molecular flexibility index (Phi) is 4.05. The van der Waals surface area contributed by atoms with Crippen LogP contribution in [0, 0.1) is 17.6 Å². The number of hydrogen-bond donors (Lipinski definition) is 0. The third-order valence-electron chi connectivity index (χ3n) is 2.29. The number of hydrogen-bond acceptors (Lipinski definition) is 0. The number of rotatable bonds is 4. The van der Waals surface area contributed by atoms with Crippen LogP contribution in [0.4, 0.5) is 8.78 Å². The van der Waals surface area contributed by atoms with E-state index < -0.39 is 0 Å². The Balaban J connectivity index is 2.77. The molecule has 0 fully saturated rings. The quantitative estimate of drug-likeness (QED) is 0.681. The summed E-state index contributed by atoms with van der Waals surface area (Å²) in [5, 5.41) is 0. The number of halogens is 2. The van der Waals surface area contributed by atoms with Gasteiger partial charge in [0.05, 0.1) is 0 Å². The molecule has 0 saturated carbocycles. The van der Waals surface area contributed by atoms with Crippen LogP contribution in [0.5, 0.6) is 0 Å². The summed E-state index contributed by atoms with van der Waals surface area (Å²) in [5.74, 6) is 0.209. The van der Waals surface area contributed by atoms with E-state index in [0.29, 0.717) is 5.56 Å². The first-order chi connectivity index (χ1) is 6.65. The van der Waals surface area contributed by atoms with Gasteiger partial charge in [0.2, 0.25) is 0 Å². The first-order valence-corrected chi connectivity index (χ1v) is 4.93. The highest BCUT2D eigenvalue weighted by Gasteiger charge is 2.11. The zero-order valence-electron chi connectivity index (χ0n) is 8.61. The van der Waals surface area contributed by atoms with Gasteiger partial charge in [-0.3, -0.25) is 0 Å². The first kappa shape index (κ1) is 11.2. The highest BCUT2D eigenvalue weighted by molar-refractivity contribution is 5.31. The average Bonchev–Trinajstić information content (AvgIpc) is 2.18. The highest BCUT2D eigenvalue weighted by Crippen LogP contribution is 2.23. The van der Waals surface area contributed by atoms with Crippen molar-refractivity contribution in [1.82, 2.24) is 0 Å². The molecule has 0 spiro atoms. The van der Waals surface area contributed by atoms with Gasteiger partial charge in [0.25, 0.3) is 0 Å². The van der Waals surface area contributed by atoms with Crippen molar-refractivity contribution in [2.24, 2.45) is 0 Å². The molecule has 0 N–H and O–H groups in total. The van der Waals surface area contributed by atoms with Crippen LogP contribution in [-0.2, 0) is 0 Å². The van der Waals surface area contributed by atoms with Gasteiger partial charge >= 0.3 is 0 Å². The number of benzene rings is 1. The van der Waals surface area contributed by atoms with E-state index in [4.69, 9.17) is 0 Å². The molecule has 2 heteroatoms. The fourth-order valence-corrected chi connectivity index (χ4v) is 1.40. The van der Waals surface area contributed by atoms with Gasteiger partial charge in [-0.25, -0.2) is 8.78 Å². The van der Waals surface area contributed by atoms with Gasteiger partial charge in [0.15, 0.2) is 0 Å². The molecule has 0 atom stereocenters. The van der Waals surface area contributed by atoms with E-state index in [1.54, 1.807) is 0 Å². The second kappa shape index (κ2) is 5.08. The Morgan fingerprint density at radius 3 is 2.64 bits per heavy atom. The molecule has 0 aliphatic heterocycles. The molecule has 14 heavy (non-hydrogen) atoms. The monoisotopic (exact) mass is 197 g/mol. The summed E-state index contributed by atoms with van der Waals surface area (Å²) in [6, 6.07) is 3.59. The summed E-state index contributed by atoms with van der Waals surface area (Å²) in [7, 11) is 0. The zero-order valence-corrected chi connectivity index (χ0v) is 8.61. The topological polar surface area (TPSA) is 0 Å². The zero-order chi connectivity index (χ0) is 10.6. The molecule has 77 valence electrons.